The summed E-state index contributed by atoms with van der Waals surface area (Å²) in [6.45, 7) is 6.86. The van der Waals surface area contributed by atoms with Crippen LogP contribution in [0.5, 0.6) is 0 Å². The largest absolute Gasteiger partial charge is 0.353 e. The number of ketones is 1. The van der Waals surface area contributed by atoms with Crippen LogP contribution in [0.15, 0.2) is 18.7 Å². The summed E-state index contributed by atoms with van der Waals surface area (Å²) in [7, 11) is 0. The van der Waals surface area contributed by atoms with Gasteiger partial charge in [-0.1, -0.05) is 0 Å². The molecule has 2 aromatic rings. The third-order valence-corrected chi connectivity index (χ3v) is 5.94. The Morgan fingerprint density at radius 1 is 1.00 bits per heavy atom. The summed E-state index contributed by atoms with van der Waals surface area (Å²) in [6, 6.07) is 1.97. The Labute approximate surface area is 164 Å². The molecular weight excluding hydrogens is 356 g/mol. The van der Waals surface area contributed by atoms with Crippen LogP contribution in [-0.4, -0.2) is 62.3 Å². The summed E-state index contributed by atoms with van der Waals surface area (Å²) in [5.74, 6) is 2.18. The molecule has 8 heteroatoms. The topological polar surface area (TPSA) is 84.2 Å². The number of carbonyl (C=O) groups is 2. The molecule has 8 nitrogen and oxygen atoms in total. The number of carbonyl (C=O) groups excluding carboxylic acids is 2. The molecule has 28 heavy (non-hydrogen) atoms. The molecule has 0 radical (unpaired) electrons. The van der Waals surface area contributed by atoms with E-state index in [1.807, 2.05) is 29.4 Å². The Kier molecular flexibility index (Phi) is 5.11. The maximum Gasteiger partial charge on any atom is 0.225 e. The highest BCUT2D eigenvalue weighted by Crippen LogP contribution is 2.25. The van der Waals surface area contributed by atoms with E-state index in [0.29, 0.717) is 38.8 Å². The van der Waals surface area contributed by atoms with Gasteiger partial charge in [0, 0.05) is 56.7 Å². The van der Waals surface area contributed by atoms with E-state index in [9.17, 15) is 9.59 Å². The first-order valence-corrected chi connectivity index (χ1v) is 9.91. The molecule has 1 saturated carbocycles. The van der Waals surface area contributed by atoms with Crippen molar-refractivity contribution in [2.75, 3.05) is 31.1 Å². The van der Waals surface area contributed by atoms with E-state index in [2.05, 4.69) is 19.9 Å². The molecular formula is C20H26N6O2. The van der Waals surface area contributed by atoms with Crippen molar-refractivity contribution in [3.63, 3.8) is 0 Å². The third kappa shape index (κ3) is 3.63. The summed E-state index contributed by atoms with van der Waals surface area (Å²) >= 11 is 0. The Balaban J connectivity index is 1.40. The highest BCUT2D eigenvalue weighted by atomic mass is 16.2. The Morgan fingerprint density at radius 3 is 2.32 bits per heavy atom. The van der Waals surface area contributed by atoms with E-state index in [-0.39, 0.29) is 17.6 Å². The molecule has 2 fully saturated rings. The summed E-state index contributed by atoms with van der Waals surface area (Å²) in [5, 5.41) is 0. The van der Waals surface area contributed by atoms with Crippen LogP contribution in [0.3, 0.4) is 0 Å². The van der Waals surface area contributed by atoms with Crippen molar-refractivity contribution in [2.24, 2.45) is 5.92 Å². The molecule has 0 atom stereocenters. The summed E-state index contributed by atoms with van der Waals surface area (Å²) in [6.07, 6.45) is 5.87. The average molecular weight is 382 g/mol. The molecule has 2 aromatic heterocycles. The summed E-state index contributed by atoms with van der Waals surface area (Å²) in [4.78, 5) is 41.4. The fraction of sp³-hybridized carbons (Fsp3) is 0.550. The number of Topliss-reactive ketones (excluding diaryl/α,β-unsaturated/α-hetero) is 1. The van der Waals surface area contributed by atoms with Crippen molar-refractivity contribution in [3.8, 4) is 5.82 Å². The quantitative estimate of drug-likeness (QED) is 0.803. The zero-order valence-corrected chi connectivity index (χ0v) is 16.5. The normalized spacial score (nSPS) is 18.6. The van der Waals surface area contributed by atoms with Crippen LogP contribution in [0.25, 0.3) is 5.82 Å². The van der Waals surface area contributed by atoms with Crippen LogP contribution in [0.4, 0.5) is 5.82 Å². The van der Waals surface area contributed by atoms with E-state index in [1.165, 1.54) is 0 Å². The second kappa shape index (κ2) is 7.69. The Hall–Kier alpha value is -2.77. The van der Waals surface area contributed by atoms with Gasteiger partial charge in [-0.25, -0.2) is 15.0 Å². The first-order chi connectivity index (χ1) is 13.5. The minimum Gasteiger partial charge on any atom is -0.353 e. The van der Waals surface area contributed by atoms with E-state index >= 15 is 0 Å². The van der Waals surface area contributed by atoms with Gasteiger partial charge in [-0.15, -0.1) is 0 Å². The number of rotatable bonds is 3. The number of hydrogen-bond donors (Lipinski definition) is 0. The van der Waals surface area contributed by atoms with E-state index in [1.54, 1.807) is 12.7 Å². The van der Waals surface area contributed by atoms with Crippen LogP contribution >= 0.6 is 0 Å². The van der Waals surface area contributed by atoms with Crippen molar-refractivity contribution in [3.05, 3.63) is 30.1 Å². The van der Waals surface area contributed by atoms with Gasteiger partial charge < -0.3 is 9.80 Å². The Bertz CT molecular complexity index is 875. The van der Waals surface area contributed by atoms with Crippen LogP contribution in [0.1, 0.15) is 37.1 Å². The van der Waals surface area contributed by atoms with Crippen LogP contribution < -0.4 is 4.90 Å². The number of nitrogens with zero attached hydrogens (tertiary/aromatic N) is 6. The molecule has 1 aliphatic carbocycles. The van der Waals surface area contributed by atoms with Crippen molar-refractivity contribution >= 4 is 17.5 Å². The number of anilines is 1. The van der Waals surface area contributed by atoms with Crippen LogP contribution in [0, 0.1) is 19.8 Å². The molecule has 0 unspecified atom stereocenters. The van der Waals surface area contributed by atoms with Crippen molar-refractivity contribution in [2.45, 2.75) is 39.5 Å². The SMILES string of the molecule is Cc1ncn(-c2cc(N3CCN(C(=O)C4CCC(=O)CC4)CC3)ncn2)c1C. The molecule has 3 heterocycles. The molecule has 1 aliphatic heterocycles. The second-order valence-corrected chi connectivity index (χ2v) is 7.65. The maximum absolute atomic E-state index is 12.7. The maximum atomic E-state index is 12.7. The summed E-state index contributed by atoms with van der Waals surface area (Å²) < 4.78 is 1.96. The van der Waals surface area contributed by atoms with E-state index in [0.717, 1.165) is 36.1 Å². The predicted octanol–water partition coefficient (Wildman–Crippen LogP) is 1.69. The fourth-order valence-corrected chi connectivity index (χ4v) is 3.97. The number of piperazine rings is 1. The highest BCUT2D eigenvalue weighted by Gasteiger charge is 2.30. The Morgan fingerprint density at radius 2 is 1.68 bits per heavy atom. The standard InChI is InChI=1S/C20H26N6O2/c1-14-15(2)26(13-23-14)19-11-18(21-12-22-19)24-7-9-25(10-8-24)20(28)16-3-5-17(27)6-4-16/h11-13,16H,3-10H2,1-2H3. The predicted molar refractivity (Wildman–Crippen MR) is 104 cm³/mol. The zero-order valence-electron chi connectivity index (χ0n) is 16.5. The number of hydrogen-bond acceptors (Lipinski definition) is 6. The number of imidazole rings is 1. The molecule has 2 aliphatic rings. The van der Waals surface area contributed by atoms with Crippen LogP contribution in [0.2, 0.25) is 0 Å². The molecule has 148 valence electrons. The first-order valence-electron chi connectivity index (χ1n) is 9.91. The van der Waals surface area contributed by atoms with Gasteiger partial charge in [0.15, 0.2) is 0 Å². The number of amides is 1. The average Bonchev–Trinajstić information content (AvgIpc) is 3.07. The van der Waals surface area contributed by atoms with Crippen molar-refractivity contribution in [1.82, 2.24) is 24.4 Å². The lowest BCUT2D eigenvalue weighted by atomic mass is 9.87. The second-order valence-electron chi connectivity index (χ2n) is 7.65. The fourth-order valence-electron chi connectivity index (χ4n) is 3.97. The lowest BCUT2D eigenvalue weighted by molar-refractivity contribution is -0.137. The van der Waals surface area contributed by atoms with Gasteiger partial charge in [0.05, 0.1) is 5.69 Å². The van der Waals surface area contributed by atoms with Gasteiger partial charge in [-0.2, -0.15) is 0 Å². The molecule has 0 N–H and O–H groups in total. The van der Waals surface area contributed by atoms with E-state index < -0.39 is 0 Å². The molecule has 1 saturated heterocycles. The van der Waals surface area contributed by atoms with Gasteiger partial charge in [-0.3, -0.25) is 14.2 Å². The van der Waals surface area contributed by atoms with E-state index in [4.69, 9.17) is 0 Å². The minimum absolute atomic E-state index is 0.0161. The minimum atomic E-state index is 0.0161. The van der Waals surface area contributed by atoms with Gasteiger partial charge in [0.2, 0.25) is 5.91 Å². The van der Waals surface area contributed by atoms with Crippen LogP contribution in [-0.2, 0) is 9.59 Å². The number of aromatic nitrogens is 4. The molecule has 0 aromatic carbocycles. The highest BCUT2D eigenvalue weighted by molar-refractivity contribution is 5.84. The number of aryl methyl sites for hydroxylation is 1. The lowest BCUT2D eigenvalue weighted by Crippen LogP contribution is -2.51. The third-order valence-electron chi connectivity index (χ3n) is 5.94. The molecule has 0 bridgehead atoms. The smallest absolute Gasteiger partial charge is 0.225 e. The first kappa shape index (κ1) is 18.6. The van der Waals surface area contributed by atoms with Gasteiger partial charge in [-0.05, 0) is 26.7 Å². The van der Waals surface area contributed by atoms with Crippen molar-refractivity contribution in [1.29, 1.82) is 0 Å². The molecule has 1 amide bonds. The van der Waals surface area contributed by atoms with Gasteiger partial charge in [0.25, 0.3) is 0 Å². The zero-order chi connectivity index (χ0) is 19.7. The molecule has 4 rings (SSSR count). The molecule has 0 spiro atoms. The van der Waals surface area contributed by atoms with Crippen molar-refractivity contribution < 1.29 is 9.59 Å². The van der Waals surface area contributed by atoms with Gasteiger partial charge in [0.1, 0.15) is 30.1 Å². The summed E-state index contributed by atoms with van der Waals surface area (Å²) in [5.41, 5.74) is 2.04. The monoisotopic (exact) mass is 382 g/mol. The van der Waals surface area contributed by atoms with Gasteiger partial charge >= 0.3 is 0 Å². The lowest BCUT2D eigenvalue weighted by Gasteiger charge is -2.37.